The number of hydrogen-bond acceptors (Lipinski definition) is 4. The Morgan fingerprint density at radius 1 is 1.32 bits per heavy atom. The molecule has 1 N–H and O–H groups in total. The van der Waals surface area contributed by atoms with Gasteiger partial charge in [0.15, 0.2) is 0 Å². The quantitative estimate of drug-likeness (QED) is 0.774. The van der Waals surface area contributed by atoms with Crippen LogP contribution in [-0.4, -0.2) is 31.3 Å². The lowest BCUT2D eigenvalue weighted by molar-refractivity contribution is -0.122. The van der Waals surface area contributed by atoms with Gasteiger partial charge in [-0.15, -0.1) is 0 Å². The Bertz CT molecular complexity index is 1000. The zero-order chi connectivity index (χ0) is 17.4. The third kappa shape index (κ3) is 2.93. The number of amides is 1. The average molecular weight is 337 g/mol. The van der Waals surface area contributed by atoms with Gasteiger partial charge in [0.05, 0.1) is 11.1 Å². The largest absolute Gasteiger partial charge is 0.350 e. The third-order valence-electron chi connectivity index (χ3n) is 4.65. The molecule has 3 heterocycles. The second-order valence-corrected chi connectivity index (χ2v) is 6.39. The maximum atomic E-state index is 12.5. The number of aromatic nitrogens is 4. The zero-order valence-corrected chi connectivity index (χ0v) is 14.0. The smallest absolute Gasteiger partial charge is 0.275 e. The molecule has 25 heavy (non-hydrogen) atoms. The molecule has 128 valence electrons. The maximum absolute atomic E-state index is 12.5. The predicted octanol–water partition coefficient (Wildman–Crippen LogP) is 1.03. The summed E-state index contributed by atoms with van der Waals surface area (Å²) in [5.41, 5.74) is 0.501. The van der Waals surface area contributed by atoms with E-state index in [0.717, 1.165) is 29.7 Å². The Morgan fingerprint density at radius 2 is 2.12 bits per heavy atom. The molecule has 3 aromatic rings. The molecule has 0 radical (unpaired) electrons. The molecule has 0 bridgehead atoms. The van der Waals surface area contributed by atoms with Gasteiger partial charge in [-0.1, -0.05) is 18.2 Å². The molecule has 0 aliphatic carbocycles. The van der Waals surface area contributed by atoms with Crippen LogP contribution < -0.4 is 10.9 Å². The molecule has 0 fully saturated rings. The first-order valence-corrected chi connectivity index (χ1v) is 8.37. The fourth-order valence-corrected chi connectivity index (χ4v) is 3.41. The standard InChI is InChI=1S/C18H19N5O2/c1-12-14-4-2-3-5-15(14)18(25)23(21-12)11-17(24)20-13-6-7-16-19-8-9-22(16)10-13/h2-5,8-9,13H,6-7,10-11H2,1H3,(H,20,24). The molecule has 4 rings (SSSR count). The number of hydrogen-bond donors (Lipinski definition) is 1. The van der Waals surface area contributed by atoms with Crippen LogP contribution >= 0.6 is 0 Å². The number of carbonyl (C=O) groups excluding carboxylic acids is 1. The van der Waals surface area contributed by atoms with Gasteiger partial charge in [-0.2, -0.15) is 5.10 Å². The van der Waals surface area contributed by atoms with Crippen LogP contribution in [0.15, 0.2) is 41.5 Å². The van der Waals surface area contributed by atoms with Gasteiger partial charge in [0.2, 0.25) is 5.91 Å². The number of nitrogens with one attached hydrogen (secondary N) is 1. The van der Waals surface area contributed by atoms with Crippen molar-refractivity contribution in [3.63, 3.8) is 0 Å². The minimum absolute atomic E-state index is 0.0476. The highest BCUT2D eigenvalue weighted by atomic mass is 16.2. The van der Waals surface area contributed by atoms with Gasteiger partial charge in [0.1, 0.15) is 12.4 Å². The summed E-state index contributed by atoms with van der Waals surface area (Å²) in [6.45, 7) is 2.48. The molecule has 0 saturated heterocycles. The van der Waals surface area contributed by atoms with E-state index in [0.29, 0.717) is 11.9 Å². The second-order valence-electron chi connectivity index (χ2n) is 6.39. The van der Waals surface area contributed by atoms with Gasteiger partial charge < -0.3 is 9.88 Å². The molecule has 1 aliphatic rings. The van der Waals surface area contributed by atoms with Crippen molar-refractivity contribution in [2.75, 3.05) is 0 Å². The van der Waals surface area contributed by atoms with Gasteiger partial charge in [-0.3, -0.25) is 9.59 Å². The lowest BCUT2D eigenvalue weighted by atomic mass is 10.1. The van der Waals surface area contributed by atoms with Crippen molar-refractivity contribution in [3.05, 3.63) is 58.5 Å². The number of nitrogens with zero attached hydrogens (tertiary/aromatic N) is 4. The highest BCUT2D eigenvalue weighted by Crippen LogP contribution is 2.13. The summed E-state index contributed by atoms with van der Waals surface area (Å²) >= 11 is 0. The van der Waals surface area contributed by atoms with Gasteiger partial charge in [0.25, 0.3) is 5.56 Å². The first-order valence-electron chi connectivity index (χ1n) is 8.37. The van der Waals surface area contributed by atoms with Crippen LogP contribution in [-0.2, 0) is 24.3 Å². The number of fused-ring (bicyclic) bond motifs is 2. The van der Waals surface area contributed by atoms with Crippen molar-refractivity contribution in [2.24, 2.45) is 0 Å². The van der Waals surface area contributed by atoms with Crippen molar-refractivity contribution < 1.29 is 4.79 Å². The minimum atomic E-state index is -0.239. The van der Waals surface area contributed by atoms with Crippen molar-refractivity contribution >= 4 is 16.7 Å². The van der Waals surface area contributed by atoms with Crippen LogP contribution in [0.1, 0.15) is 17.9 Å². The topological polar surface area (TPSA) is 81.8 Å². The number of benzene rings is 1. The number of carbonyl (C=O) groups is 1. The van der Waals surface area contributed by atoms with E-state index < -0.39 is 0 Å². The minimum Gasteiger partial charge on any atom is -0.350 e. The summed E-state index contributed by atoms with van der Waals surface area (Å²) < 4.78 is 3.30. The summed E-state index contributed by atoms with van der Waals surface area (Å²) in [6.07, 6.45) is 5.39. The average Bonchev–Trinajstić information content (AvgIpc) is 3.07. The van der Waals surface area contributed by atoms with E-state index in [9.17, 15) is 9.59 Å². The van der Waals surface area contributed by atoms with E-state index in [1.165, 1.54) is 4.68 Å². The molecule has 1 aliphatic heterocycles. The Hall–Kier alpha value is -2.96. The van der Waals surface area contributed by atoms with Crippen LogP contribution in [0.25, 0.3) is 10.8 Å². The summed E-state index contributed by atoms with van der Waals surface area (Å²) in [7, 11) is 0. The highest BCUT2D eigenvalue weighted by molar-refractivity contribution is 5.83. The predicted molar refractivity (Wildman–Crippen MR) is 93.2 cm³/mol. The van der Waals surface area contributed by atoms with E-state index in [1.807, 2.05) is 31.3 Å². The van der Waals surface area contributed by atoms with Crippen LogP contribution in [0.5, 0.6) is 0 Å². The fraction of sp³-hybridized carbons (Fsp3) is 0.333. The molecule has 1 amide bonds. The van der Waals surface area contributed by atoms with E-state index in [1.54, 1.807) is 12.3 Å². The van der Waals surface area contributed by atoms with Gasteiger partial charge in [-0.25, -0.2) is 9.67 Å². The van der Waals surface area contributed by atoms with Gasteiger partial charge >= 0.3 is 0 Å². The number of rotatable bonds is 3. The lowest BCUT2D eigenvalue weighted by Crippen LogP contribution is -2.43. The molecule has 2 aromatic heterocycles. The van der Waals surface area contributed by atoms with Crippen LogP contribution in [0, 0.1) is 6.92 Å². The van der Waals surface area contributed by atoms with Crippen molar-refractivity contribution in [1.82, 2.24) is 24.6 Å². The summed E-state index contributed by atoms with van der Waals surface area (Å²) in [6, 6.07) is 7.38. The summed E-state index contributed by atoms with van der Waals surface area (Å²) in [5.74, 6) is 0.853. The Morgan fingerprint density at radius 3 is 2.96 bits per heavy atom. The molecule has 0 spiro atoms. The first kappa shape index (κ1) is 15.6. The molecule has 0 saturated carbocycles. The van der Waals surface area contributed by atoms with Crippen LogP contribution in [0.3, 0.4) is 0 Å². The van der Waals surface area contributed by atoms with Gasteiger partial charge in [0, 0.05) is 36.8 Å². The van der Waals surface area contributed by atoms with Gasteiger partial charge in [-0.05, 0) is 19.4 Å². The monoisotopic (exact) mass is 337 g/mol. The summed E-state index contributed by atoms with van der Waals surface area (Å²) in [5, 5.41) is 8.71. The van der Waals surface area contributed by atoms with E-state index in [2.05, 4.69) is 20.0 Å². The maximum Gasteiger partial charge on any atom is 0.275 e. The Kier molecular flexibility index (Phi) is 3.83. The molecule has 7 heteroatoms. The van der Waals surface area contributed by atoms with Crippen LogP contribution in [0.4, 0.5) is 0 Å². The summed E-state index contributed by atoms with van der Waals surface area (Å²) in [4.78, 5) is 29.2. The SMILES string of the molecule is Cc1nn(CC(=O)NC2CCc3nccn3C2)c(=O)c2ccccc12. The zero-order valence-electron chi connectivity index (χ0n) is 14.0. The molecule has 1 unspecified atom stereocenters. The molecule has 1 aromatic carbocycles. The van der Waals surface area contributed by atoms with Crippen molar-refractivity contribution in [2.45, 2.75) is 38.9 Å². The second kappa shape index (κ2) is 6.16. The Balaban J connectivity index is 1.51. The van der Waals surface area contributed by atoms with Crippen molar-refractivity contribution in [3.8, 4) is 0 Å². The Labute approximate surface area is 144 Å². The number of imidazole rings is 1. The van der Waals surface area contributed by atoms with Crippen LogP contribution in [0.2, 0.25) is 0 Å². The first-order chi connectivity index (χ1) is 12.1. The molecular weight excluding hydrogens is 318 g/mol. The molecule has 7 nitrogen and oxygen atoms in total. The third-order valence-corrected chi connectivity index (χ3v) is 4.65. The van der Waals surface area contributed by atoms with E-state index >= 15 is 0 Å². The highest BCUT2D eigenvalue weighted by Gasteiger charge is 2.21. The fourth-order valence-electron chi connectivity index (χ4n) is 3.41. The molecule has 1 atom stereocenters. The van der Waals surface area contributed by atoms with Crippen molar-refractivity contribution in [1.29, 1.82) is 0 Å². The van der Waals surface area contributed by atoms with E-state index in [4.69, 9.17) is 0 Å². The molecular formula is C18H19N5O2. The normalized spacial score (nSPS) is 16.6. The van der Waals surface area contributed by atoms with E-state index in [-0.39, 0.29) is 24.1 Å². The lowest BCUT2D eigenvalue weighted by Gasteiger charge is -2.24. The number of aryl methyl sites for hydroxylation is 2.